The van der Waals surface area contributed by atoms with Crippen molar-refractivity contribution in [3.63, 3.8) is 0 Å². The highest BCUT2D eigenvalue weighted by Crippen LogP contribution is 2.30. The molecule has 0 aliphatic rings. The van der Waals surface area contributed by atoms with Crippen molar-refractivity contribution in [3.05, 3.63) is 29.3 Å². The molecule has 0 aliphatic heterocycles. The quantitative estimate of drug-likeness (QED) is 0.848. The van der Waals surface area contributed by atoms with Gasteiger partial charge in [-0.05, 0) is 51.8 Å². The van der Waals surface area contributed by atoms with Crippen molar-refractivity contribution in [2.24, 2.45) is 5.92 Å². The highest BCUT2D eigenvalue weighted by atomic mass is 16.3. The van der Waals surface area contributed by atoms with Gasteiger partial charge in [-0.25, -0.2) is 0 Å². The lowest BCUT2D eigenvalue weighted by atomic mass is 9.99. The number of rotatable bonds is 5. The molecule has 18 heavy (non-hydrogen) atoms. The molecule has 0 saturated heterocycles. The van der Waals surface area contributed by atoms with Crippen molar-refractivity contribution in [1.29, 1.82) is 0 Å². The number of hydrogen-bond donors (Lipinski definition) is 1. The Bertz CT molecular complexity index is 387. The number of aryl methyl sites for hydroxylation is 1. The van der Waals surface area contributed by atoms with Crippen LogP contribution >= 0.6 is 0 Å². The summed E-state index contributed by atoms with van der Waals surface area (Å²) in [5, 5.41) is 10.0. The van der Waals surface area contributed by atoms with Gasteiger partial charge in [0.05, 0.1) is 0 Å². The Hall–Kier alpha value is -1.02. The van der Waals surface area contributed by atoms with E-state index in [4.69, 9.17) is 0 Å². The number of phenols is 1. The van der Waals surface area contributed by atoms with Crippen LogP contribution in [0.15, 0.2) is 18.2 Å². The summed E-state index contributed by atoms with van der Waals surface area (Å²) in [5.41, 5.74) is 2.11. The maximum absolute atomic E-state index is 10.0. The highest BCUT2D eigenvalue weighted by Gasteiger charge is 2.20. The molecule has 2 unspecified atom stereocenters. The molecule has 2 atom stereocenters. The summed E-state index contributed by atoms with van der Waals surface area (Å²) in [6.45, 7) is 10.9. The Labute approximate surface area is 112 Å². The average Bonchev–Trinajstić information content (AvgIpc) is 2.26. The number of nitrogens with zero attached hydrogens (tertiary/aromatic N) is 1. The predicted octanol–water partition coefficient (Wildman–Crippen LogP) is 4.13. The maximum Gasteiger partial charge on any atom is 0.120 e. The SMILES string of the molecule is Cc1ccc(C(C)N(C)C(C)CC(C)C)c(O)c1. The third-order valence-electron chi connectivity index (χ3n) is 3.75. The lowest BCUT2D eigenvalue weighted by molar-refractivity contribution is 0.173. The predicted molar refractivity (Wildman–Crippen MR) is 77.9 cm³/mol. The van der Waals surface area contributed by atoms with E-state index in [1.807, 2.05) is 19.1 Å². The Balaban J connectivity index is 2.82. The van der Waals surface area contributed by atoms with Crippen LogP contribution in [0.3, 0.4) is 0 Å². The van der Waals surface area contributed by atoms with E-state index in [0.29, 0.717) is 17.7 Å². The fourth-order valence-corrected chi connectivity index (χ4v) is 2.46. The van der Waals surface area contributed by atoms with E-state index < -0.39 is 0 Å². The molecule has 2 nitrogen and oxygen atoms in total. The maximum atomic E-state index is 10.0. The summed E-state index contributed by atoms with van der Waals surface area (Å²) < 4.78 is 0. The molecule has 1 rings (SSSR count). The van der Waals surface area contributed by atoms with E-state index in [1.54, 1.807) is 0 Å². The van der Waals surface area contributed by atoms with Gasteiger partial charge >= 0.3 is 0 Å². The van der Waals surface area contributed by atoms with E-state index in [-0.39, 0.29) is 6.04 Å². The van der Waals surface area contributed by atoms with Gasteiger partial charge in [0.25, 0.3) is 0 Å². The van der Waals surface area contributed by atoms with Crippen LogP contribution in [-0.2, 0) is 0 Å². The van der Waals surface area contributed by atoms with E-state index in [9.17, 15) is 5.11 Å². The number of benzene rings is 1. The third-order valence-corrected chi connectivity index (χ3v) is 3.75. The Morgan fingerprint density at radius 1 is 1.17 bits per heavy atom. The molecule has 0 saturated carbocycles. The fourth-order valence-electron chi connectivity index (χ4n) is 2.46. The van der Waals surface area contributed by atoms with Gasteiger partial charge in [-0.3, -0.25) is 4.90 Å². The minimum Gasteiger partial charge on any atom is -0.508 e. The van der Waals surface area contributed by atoms with Crippen molar-refractivity contribution >= 4 is 0 Å². The molecule has 1 aromatic rings. The highest BCUT2D eigenvalue weighted by molar-refractivity contribution is 5.37. The second-order valence-electron chi connectivity index (χ2n) is 5.88. The molecule has 0 amide bonds. The number of aromatic hydroxyl groups is 1. The average molecular weight is 249 g/mol. The van der Waals surface area contributed by atoms with Crippen LogP contribution in [-0.4, -0.2) is 23.1 Å². The molecule has 0 heterocycles. The van der Waals surface area contributed by atoms with Gasteiger partial charge in [0.1, 0.15) is 5.75 Å². The van der Waals surface area contributed by atoms with E-state index in [1.165, 1.54) is 6.42 Å². The molecule has 1 N–H and O–H groups in total. The summed E-state index contributed by atoms with van der Waals surface area (Å²) in [6.07, 6.45) is 1.17. The standard InChI is InChI=1S/C16H27NO/c1-11(2)9-13(4)17(6)14(5)15-8-7-12(3)10-16(15)18/h7-8,10-11,13-14,18H,9H2,1-6H3. The van der Waals surface area contributed by atoms with Gasteiger partial charge in [-0.1, -0.05) is 26.0 Å². The van der Waals surface area contributed by atoms with Crippen molar-refractivity contribution in [3.8, 4) is 5.75 Å². The molecule has 0 fully saturated rings. The van der Waals surface area contributed by atoms with Crippen LogP contribution in [0.25, 0.3) is 0 Å². The van der Waals surface area contributed by atoms with Crippen molar-refractivity contribution in [2.45, 2.75) is 53.1 Å². The first-order valence-corrected chi connectivity index (χ1v) is 6.84. The van der Waals surface area contributed by atoms with Crippen molar-refractivity contribution in [1.82, 2.24) is 4.90 Å². The number of hydrogen-bond acceptors (Lipinski definition) is 2. The van der Waals surface area contributed by atoms with Gasteiger partial charge in [0.15, 0.2) is 0 Å². The Morgan fingerprint density at radius 3 is 2.28 bits per heavy atom. The second kappa shape index (κ2) is 6.24. The second-order valence-corrected chi connectivity index (χ2v) is 5.88. The van der Waals surface area contributed by atoms with E-state index in [2.05, 4.69) is 45.7 Å². The molecule has 0 radical (unpaired) electrons. The normalized spacial score (nSPS) is 15.1. The summed E-state index contributed by atoms with van der Waals surface area (Å²) in [5.74, 6) is 1.10. The number of phenolic OH excluding ortho intramolecular Hbond substituents is 1. The topological polar surface area (TPSA) is 23.5 Å². The van der Waals surface area contributed by atoms with Crippen LogP contribution in [0.4, 0.5) is 0 Å². The zero-order valence-electron chi connectivity index (χ0n) is 12.6. The first-order valence-electron chi connectivity index (χ1n) is 6.84. The van der Waals surface area contributed by atoms with Crippen LogP contribution in [0.2, 0.25) is 0 Å². The molecule has 0 aromatic heterocycles. The van der Waals surface area contributed by atoms with Gasteiger partial charge in [-0.2, -0.15) is 0 Å². The molecule has 0 spiro atoms. The molecule has 1 aromatic carbocycles. The summed E-state index contributed by atoms with van der Waals surface area (Å²) in [7, 11) is 2.14. The zero-order valence-corrected chi connectivity index (χ0v) is 12.6. The smallest absolute Gasteiger partial charge is 0.120 e. The Kier molecular flexibility index (Phi) is 5.21. The molecule has 0 aliphatic carbocycles. The summed E-state index contributed by atoms with van der Waals surface area (Å²) >= 11 is 0. The molecule has 0 bridgehead atoms. The summed E-state index contributed by atoms with van der Waals surface area (Å²) in [4.78, 5) is 2.34. The van der Waals surface area contributed by atoms with Gasteiger partial charge in [-0.15, -0.1) is 0 Å². The van der Waals surface area contributed by atoms with Crippen molar-refractivity contribution < 1.29 is 5.11 Å². The first-order chi connectivity index (χ1) is 8.32. The van der Waals surface area contributed by atoms with E-state index >= 15 is 0 Å². The minimum atomic E-state index is 0.236. The lowest BCUT2D eigenvalue weighted by Gasteiger charge is -2.32. The van der Waals surface area contributed by atoms with Gasteiger partial charge in [0.2, 0.25) is 0 Å². The van der Waals surface area contributed by atoms with Crippen molar-refractivity contribution in [2.75, 3.05) is 7.05 Å². The van der Waals surface area contributed by atoms with Gasteiger partial charge < -0.3 is 5.11 Å². The first kappa shape index (κ1) is 15.0. The molecular weight excluding hydrogens is 222 g/mol. The van der Waals surface area contributed by atoms with E-state index in [0.717, 1.165) is 11.1 Å². The molecule has 2 heteroatoms. The fraction of sp³-hybridized carbons (Fsp3) is 0.625. The monoisotopic (exact) mass is 249 g/mol. The lowest BCUT2D eigenvalue weighted by Crippen LogP contribution is -2.32. The minimum absolute atomic E-state index is 0.236. The Morgan fingerprint density at radius 2 is 1.78 bits per heavy atom. The van der Waals surface area contributed by atoms with Crippen LogP contribution in [0.1, 0.15) is 51.3 Å². The van der Waals surface area contributed by atoms with Crippen LogP contribution in [0, 0.1) is 12.8 Å². The largest absolute Gasteiger partial charge is 0.508 e. The van der Waals surface area contributed by atoms with Crippen LogP contribution in [0.5, 0.6) is 5.75 Å². The molecular formula is C16H27NO. The van der Waals surface area contributed by atoms with Gasteiger partial charge in [0, 0.05) is 17.6 Å². The zero-order chi connectivity index (χ0) is 13.9. The van der Waals surface area contributed by atoms with Crippen LogP contribution < -0.4 is 0 Å². The molecule has 102 valence electrons. The summed E-state index contributed by atoms with van der Waals surface area (Å²) in [6, 6.07) is 6.69. The third kappa shape index (κ3) is 3.74.